The molecular formula is C17H21N3O2. The summed E-state index contributed by atoms with van der Waals surface area (Å²) in [5, 5.41) is 15.7. The first-order chi connectivity index (χ1) is 10.6. The van der Waals surface area contributed by atoms with Crippen molar-refractivity contribution in [3.8, 4) is 0 Å². The van der Waals surface area contributed by atoms with E-state index >= 15 is 0 Å². The average molecular weight is 299 g/mol. The van der Waals surface area contributed by atoms with Gasteiger partial charge in [-0.25, -0.2) is 10.4 Å². The third kappa shape index (κ3) is 1.76. The van der Waals surface area contributed by atoms with Crippen LogP contribution in [-0.4, -0.2) is 40.1 Å². The minimum absolute atomic E-state index is 0.152. The molecule has 1 aliphatic carbocycles. The van der Waals surface area contributed by atoms with Gasteiger partial charge in [0.1, 0.15) is 5.76 Å². The maximum Gasteiger partial charge on any atom is 0.165 e. The summed E-state index contributed by atoms with van der Waals surface area (Å²) < 4.78 is 0. The molecule has 0 aromatic heterocycles. The largest absolute Gasteiger partial charge is 0.511 e. The van der Waals surface area contributed by atoms with Crippen LogP contribution in [-0.2, 0) is 6.42 Å². The van der Waals surface area contributed by atoms with Crippen LogP contribution < -0.4 is 10.7 Å². The molecule has 1 aromatic rings. The van der Waals surface area contributed by atoms with Gasteiger partial charge in [0.05, 0.1) is 11.1 Å². The highest BCUT2D eigenvalue weighted by Gasteiger charge is 2.61. The quantitative estimate of drug-likeness (QED) is 0.734. The number of nitrogens with zero attached hydrogens (tertiary/aromatic N) is 1. The van der Waals surface area contributed by atoms with Crippen LogP contribution in [0.5, 0.6) is 0 Å². The normalized spacial score (nSPS) is 34.0. The fraction of sp³-hybridized carbons (Fsp3) is 0.471. The van der Waals surface area contributed by atoms with Crippen molar-refractivity contribution in [2.75, 3.05) is 13.1 Å². The maximum atomic E-state index is 12.8. The number of hydrazine groups is 1. The van der Waals surface area contributed by atoms with E-state index < -0.39 is 5.54 Å². The summed E-state index contributed by atoms with van der Waals surface area (Å²) in [6, 6.07) is 7.88. The molecule has 1 saturated heterocycles. The van der Waals surface area contributed by atoms with Crippen molar-refractivity contribution in [1.82, 2.24) is 15.8 Å². The summed E-state index contributed by atoms with van der Waals surface area (Å²) in [4.78, 5) is 12.8. The molecule has 4 rings (SSSR count). The number of fused-ring (bicyclic) bond motifs is 1. The molecule has 2 atom stereocenters. The number of ketones is 1. The lowest BCUT2D eigenvalue weighted by molar-refractivity contribution is 0.0849. The van der Waals surface area contributed by atoms with Gasteiger partial charge in [0.15, 0.2) is 5.78 Å². The van der Waals surface area contributed by atoms with Gasteiger partial charge in [-0.05, 0) is 12.0 Å². The van der Waals surface area contributed by atoms with Crippen LogP contribution in [0, 0.1) is 0 Å². The van der Waals surface area contributed by atoms with E-state index in [4.69, 9.17) is 0 Å². The predicted molar refractivity (Wildman–Crippen MR) is 83.4 cm³/mol. The third-order valence-corrected chi connectivity index (χ3v) is 5.40. The van der Waals surface area contributed by atoms with E-state index in [1.54, 1.807) is 6.20 Å². The Labute approximate surface area is 130 Å². The summed E-state index contributed by atoms with van der Waals surface area (Å²) >= 11 is 0. The molecule has 5 nitrogen and oxygen atoms in total. The molecule has 0 spiro atoms. The zero-order chi connectivity index (χ0) is 15.4. The van der Waals surface area contributed by atoms with Crippen molar-refractivity contribution in [3.05, 3.63) is 47.4 Å². The minimum atomic E-state index is -0.460. The Morgan fingerprint density at radius 3 is 2.86 bits per heavy atom. The highest BCUT2D eigenvalue weighted by atomic mass is 16.3. The van der Waals surface area contributed by atoms with Gasteiger partial charge in [-0.2, -0.15) is 0 Å². The van der Waals surface area contributed by atoms with Gasteiger partial charge in [-0.15, -0.1) is 0 Å². The van der Waals surface area contributed by atoms with Gasteiger partial charge < -0.3 is 10.4 Å². The fourth-order valence-corrected chi connectivity index (χ4v) is 4.28. The Morgan fingerprint density at radius 2 is 2.05 bits per heavy atom. The number of hydrogen-bond acceptors (Lipinski definition) is 5. The Morgan fingerprint density at radius 1 is 1.23 bits per heavy atom. The van der Waals surface area contributed by atoms with Crippen molar-refractivity contribution in [3.63, 3.8) is 0 Å². The summed E-state index contributed by atoms with van der Waals surface area (Å²) in [6.45, 7) is 3.78. The number of carbonyl (C=O) groups excluding carboxylic acids is 1. The third-order valence-electron chi connectivity index (χ3n) is 5.40. The number of aliphatic hydroxyl groups is 1. The standard InChI is InChI=1S/C17H21N3O2/c1-2-20-11-17-7-12-5-3-4-6-14(12)15(22)9-16(17,19-20)8-13(21)10-18-17/h3-6,10,18-19,21H,2,7-9,11H2,1H3. The Bertz CT molecular complexity index is 672. The summed E-state index contributed by atoms with van der Waals surface area (Å²) in [7, 11) is 0. The van der Waals surface area contributed by atoms with Crippen LogP contribution >= 0.6 is 0 Å². The van der Waals surface area contributed by atoms with E-state index in [1.807, 2.05) is 24.3 Å². The van der Waals surface area contributed by atoms with Crippen LogP contribution in [0.1, 0.15) is 35.7 Å². The molecule has 0 bridgehead atoms. The highest BCUT2D eigenvalue weighted by molar-refractivity contribution is 5.99. The van der Waals surface area contributed by atoms with Crippen LogP contribution in [0.2, 0.25) is 0 Å². The van der Waals surface area contributed by atoms with E-state index in [9.17, 15) is 9.90 Å². The first-order valence-electron chi connectivity index (χ1n) is 7.87. The highest BCUT2D eigenvalue weighted by Crippen LogP contribution is 2.45. The van der Waals surface area contributed by atoms with Crippen LogP contribution in [0.25, 0.3) is 0 Å². The monoisotopic (exact) mass is 299 g/mol. The number of nitrogens with one attached hydrogen (secondary N) is 2. The van der Waals surface area contributed by atoms with Crippen LogP contribution in [0.3, 0.4) is 0 Å². The zero-order valence-electron chi connectivity index (χ0n) is 12.7. The molecule has 0 saturated carbocycles. The van der Waals surface area contributed by atoms with Crippen molar-refractivity contribution in [2.45, 2.75) is 37.3 Å². The van der Waals surface area contributed by atoms with E-state index in [1.165, 1.54) is 0 Å². The van der Waals surface area contributed by atoms with Crippen molar-refractivity contribution >= 4 is 5.78 Å². The summed E-state index contributed by atoms with van der Waals surface area (Å²) in [5.74, 6) is 0.458. The summed E-state index contributed by atoms with van der Waals surface area (Å²) in [5.41, 5.74) is 4.72. The molecule has 3 N–H and O–H groups in total. The second kappa shape index (κ2) is 4.57. The molecule has 1 aromatic carbocycles. The Kier molecular flexibility index (Phi) is 2.86. The number of benzene rings is 1. The van der Waals surface area contributed by atoms with E-state index in [0.29, 0.717) is 18.6 Å². The lowest BCUT2D eigenvalue weighted by Gasteiger charge is -2.46. The van der Waals surface area contributed by atoms with Crippen LogP contribution in [0.4, 0.5) is 0 Å². The van der Waals surface area contributed by atoms with E-state index in [2.05, 4.69) is 22.7 Å². The lowest BCUT2D eigenvalue weighted by atomic mass is 9.70. The molecule has 5 heteroatoms. The predicted octanol–water partition coefficient (Wildman–Crippen LogP) is 1.53. The number of hydrogen-bond donors (Lipinski definition) is 3. The maximum absolute atomic E-state index is 12.8. The first-order valence-corrected chi connectivity index (χ1v) is 7.87. The molecule has 2 heterocycles. The van der Waals surface area contributed by atoms with Crippen molar-refractivity contribution in [2.24, 2.45) is 0 Å². The molecule has 116 valence electrons. The number of likely N-dealkylation sites (N-methyl/N-ethyl adjacent to an activating group) is 1. The number of rotatable bonds is 1. The molecule has 2 unspecified atom stereocenters. The minimum Gasteiger partial charge on any atom is -0.511 e. The van der Waals surface area contributed by atoms with Gasteiger partial charge in [0.25, 0.3) is 0 Å². The van der Waals surface area contributed by atoms with Crippen molar-refractivity contribution < 1.29 is 9.90 Å². The van der Waals surface area contributed by atoms with Gasteiger partial charge in [-0.3, -0.25) is 4.79 Å². The fourth-order valence-electron chi connectivity index (χ4n) is 4.28. The molecule has 3 aliphatic rings. The molecule has 2 aliphatic heterocycles. The zero-order valence-corrected chi connectivity index (χ0v) is 12.7. The number of aliphatic hydroxyl groups excluding tert-OH is 1. The summed E-state index contributed by atoms with van der Waals surface area (Å²) in [6.07, 6.45) is 3.36. The second-order valence-electron chi connectivity index (χ2n) is 6.68. The van der Waals surface area contributed by atoms with Crippen molar-refractivity contribution in [1.29, 1.82) is 0 Å². The van der Waals surface area contributed by atoms with Gasteiger partial charge in [-0.1, -0.05) is 31.2 Å². The number of carbonyl (C=O) groups is 1. The Hall–Kier alpha value is -1.85. The van der Waals surface area contributed by atoms with Gasteiger partial charge in [0, 0.05) is 37.7 Å². The van der Waals surface area contributed by atoms with Gasteiger partial charge >= 0.3 is 0 Å². The van der Waals surface area contributed by atoms with Gasteiger partial charge in [0.2, 0.25) is 0 Å². The molecule has 22 heavy (non-hydrogen) atoms. The number of Topliss-reactive ketones (excluding diaryl/α,β-unsaturated/α-hetero) is 1. The first kappa shape index (κ1) is 13.8. The average Bonchev–Trinajstić information content (AvgIpc) is 2.76. The topological polar surface area (TPSA) is 64.6 Å². The van der Waals surface area contributed by atoms with E-state index in [0.717, 1.165) is 30.6 Å². The molecular weight excluding hydrogens is 278 g/mol. The Balaban J connectivity index is 1.86. The molecule has 0 radical (unpaired) electrons. The lowest BCUT2D eigenvalue weighted by Crippen LogP contribution is -2.67. The molecule has 1 fully saturated rings. The molecule has 0 amide bonds. The van der Waals surface area contributed by atoms with E-state index in [-0.39, 0.29) is 11.3 Å². The second-order valence-corrected chi connectivity index (χ2v) is 6.68. The smallest absolute Gasteiger partial charge is 0.165 e. The van der Waals surface area contributed by atoms with Crippen LogP contribution in [0.15, 0.2) is 36.2 Å². The SMILES string of the molecule is CCN1CC23Cc4ccccc4C(=O)CC2(CC(O)=CN3)N1.